The van der Waals surface area contributed by atoms with E-state index in [1.807, 2.05) is 56.8 Å². The van der Waals surface area contributed by atoms with Gasteiger partial charge >= 0.3 is 0 Å². The molecule has 0 unspecified atom stereocenters. The molecule has 9 nitrogen and oxygen atoms in total. The van der Waals surface area contributed by atoms with E-state index in [4.69, 9.17) is 4.98 Å². The Kier molecular flexibility index (Phi) is 4.81. The Morgan fingerprint density at radius 2 is 1.85 bits per heavy atom. The number of hydrogen-bond donors (Lipinski definition) is 2. The molecular formula is C25H21N9. The number of imidazole rings is 1. The number of aromatic amines is 2. The second-order valence-corrected chi connectivity index (χ2v) is 8.36. The van der Waals surface area contributed by atoms with Gasteiger partial charge in [0, 0.05) is 47.8 Å². The maximum absolute atomic E-state index is 4.73. The Labute approximate surface area is 195 Å². The zero-order valence-electron chi connectivity index (χ0n) is 18.7. The Morgan fingerprint density at radius 3 is 2.71 bits per heavy atom. The molecule has 0 aliphatic carbocycles. The molecule has 0 saturated carbocycles. The van der Waals surface area contributed by atoms with E-state index in [2.05, 4.69) is 46.1 Å². The molecule has 0 spiro atoms. The summed E-state index contributed by atoms with van der Waals surface area (Å²) in [5.41, 5.74) is 7.68. The highest BCUT2D eigenvalue weighted by Gasteiger charge is 2.17. The number of fused-ring (bicyclic) bond motifs is 2. The van der Waals surface area contributed by atoms with Crippen molar-refractivity contribution in [2.45, 2.75) is 6.54 Å². The minimum Gasteiger partial charge on any atom is -0.335 e. The predicted molar refractivity (Wildman–Crippen MR) is 131 cm³/mol. The van der Waals surface area contributed by atoms with Crippen LogP contribution in [0.15, 0.2) is 67.4 Å². The third-order valence-corrected chi connectivity index (χ3v) is 5.59. The number of aromatic nitrogens is 8. The molecule has 166 valence electrons. The molecule has 34 heavy (non-hydrogen) atoms. The van der Waals surface area contributed by atoms with Crippen LogP contribution in [0.1, 0.15) is 5.56 Å². The molecule has 0 aromatic carbocycles. The van der Waals surface area contributed by atoms with E-state index in [0.717, 1.165) is 51.0 Å². The predicted octanol–water partition coefficient (Wildman–Crippen LogP) is 4.08. The molecule has 6 rings (SSSR count). The zero-order valence-corrected chi connectivity index (χ0v) is 18.7. The molecule has 0 aliphatic rings. The van der Waals surface area contributed by atoms with Gasteiger partial charge in [0.1, 0.15) is 5.69 Å². The Balaban J connectivity index is 1.45. The van der Waals surface area contributed by atoms with Crippen molar-refractivity contribution < 1.29 is 0 Å². The summed E-state index contributed by atoms with van der Waals surface area (Å²) in [5, 5.41) is 8.51. The molecule has 0 amide bonds. The first-order valence-corrected chi connectivity index (χ1v) is 10.9. The average molecular weight is 448 g/mol. The van der Waals surface area contributed by atoms with Crippen LogP contribution in [0.5, 0.6) is 0 Å². The first-order valence-electron chi connectivity index (χ1n) is 10.9. The largest absolute Gasteiger partial charge is 0.335 e. The van der Waals surface area contributed by atoms with E-state index >= 15 is 0 Å². The number of nitrogens with one attached hydrogen (secondary N) is 2. The third kappa shape index (κ3) is 3.57. The summed E-state index contributed by atoms with van der Waals surface area (Å²) < 4.78 is 0. The lowest BCUT2D eigenvalue weighted by molar-refractivity contribution is 0.402. The minimum atomic E-state index is 0.615. The maximum atomic E-state index is 4.73. The van der Waals surface area contributed by atoms with Crippen molar-refractivity contribution in [2.24, 2.45) is 0 Å². The second kappa shape index (κ2) is 8.13. The van der Waals surface area contributed by atoms with Crippen LogP contribution in [-0.4, -0.2) is 59.1 Å². The van der Waals surface area contributed by atoms with Crippen LogP contribution in [-0.2, 0) is 6.54 Å². The monoisotopic (exact) mass is 447 g/mol. The molecule has 6 aromatic rings. The number of hydrogen-bond acceptors (Lipinski definition) is 7. The van der Waals surface area contributed by atoms with Crippen molar-refractivity contribution in [2.75, 3.05) is 14.1 Å². The summed E-state index contributed by atoms with van der Waals surface area (Å²) in [6.45, 7) is 0.810. The standard InChI is InChI=1S/C25H21N9/c1-34(2)14-15-9-16(12-26-11-15)20-10-18-21(13-29-20)32-33-23(18)25-30-22-17(6-8-28-24(22)31-25)19-5-3-4-7-27-19/h3-13H,14H2,1-2H3,(H,32,33)(H,28,30,31). The van der Waals surface area contributed by atoms with Gasteiger partial charge in [-0.3, -0.25) is 20.1 Å². The minimum absolute atomic E-state index is 0.615. The SMILES string of the molecule is CN(C)Cc1cncc(-c2cc3c(-c4nc5nccc(-c6ccccn6)c5[nH]4)n[nH]c3cn2)c1. The van der Waals surface area contributed by atoms with Gasteiger partial charge in [0.25, 0.3) is 0 Å². The number of rotatable bonds is 5. The Morgan fingerprint density at radius 1 is 0.912 bits per heavy atom. The van der Waals surface area contributed by atoms with Crippen molar-refractivity contribution in [3.05, 3.63) is 72.9 Å². The Bertz CT molecular complexity index is 1620. The number of pyridine rings is 4. The lowest BCUT2D eigenvalue weighted by Gasteiger charge is -2.10. The lowest BCUT2D eigenvalue weighted by atomic mass is 10.1. The van der Waals surface area contributed by atoms with Crippen LogP contribution in [0.2, 0.25) is 0 Å². The quantitative estimate of drug-likeness (QED) is 0.409. The smallest absolute Gasteiger partial charge is 0.178 e. The van der Waals surface area contributed by atoms with Gasteiger partial charge in [-0.15, -0.1) is 0 Å². The molecule has 2 N–H and O–H groups in total. The fourth-order valence-electron chi connectivity index (χ4n) is 4.09. The molecule has 0 bridgehead atoms. The van der Waals surface area contributed by atoms with Crippen molar-refractivity contribution in [1.82, 2.24) is 45.0 Å². The fourth-order valence-corrected chi connectivity index (χ4v) is 4.09. The van der Waals surface area contributed by atoms with Crippen LogP contribution in [0.25, 0.3) is 56.1 Å². The molecule has 0 aliphatic heterocycles. The lowest BCUT2D eigenvalue weighted by Crippen LogP contribution is -2.10. The van der Waals surface area contributed by atoms with E-state index in [1.54, 1.807) is 18.6 Å². The van der Waals surface area contributed by atoms with Gasteiger partial charge in [-0.25, -0.2) is 9.97 Å². The van der Waals surface area contributed by atoms with E-state index in [9.17, 15) is 0 Å². The van der Waals surface area contributed by atoms with Crippen molar-refractivity contribution in [1.29, 1.82) is 0 Å². The first-order chi connectivity index (χ1) is 16.7. The molecular weight excluding hydrogens is 426 g/mol. The molecule has 0 saturated heterocycles. The highest BCUT2D eigenvalue weighted by molar-refractivity contribution is 5.96. The summed E-state index contributed by atoms with van der Waals surface area (Å²) in [7, 11) is 4.08. The maximum Gasteiger partial charge on any atom is 0.178 e. The van der Waals surface area contributed by atoms with E-state index in [-0.39, 0.29) is 0 Å². The van der Waals surface area contributed by atoms with Gasteiger partial charge in [-0.1, -0.05) is 6.07 Å². The summed E-state index contributed by atoms with van der Waals surface area (Å²) in [6.07, 6.45) is 9.02. The van der Waals surface area contributed by atoms with Gasteiger partial charge < -0.3 is 9.88 Å². The molecule has 0 radical (unpaired) electrons. The van der Waals surface area contributed by atoms with Crippen LogP contribution < -0.4 is 0 Å². The number of H-pyrrole nitrogens is 2. The normalized spacial score (nSPS) is 11.6. The third-order valence-electron chi connectivity index (χ3n) is 5.59. The van der Waals surface area contributed by atoms with E-state index in [0.29, 0.717) is 17.2 Å². The molecule has 0 fully saturated rings. The molecule has 9 heteroatoms. The van der Waals surface area contributed by atoms with Crippen LogP contribution in [0.3, 0.4) is 0 Å². The van der Waals surface area contributed by atoms with Gasteiger partial charge in [0.05, 0.1) is 28.6 Å². The summed E-state index contributed by atoms with van der Waals surface area (Å²) >= 11 is 0. The highest BCUT2D eigenvalue weighted by Crippen LogP contribution is 2.31. The van der Waals surface area contributed by atoms with Crippen LogP contribution >= 0.6 is 0 Å². The van der Waals surface area contributed by atoms with Crippen LogP contribution in [0, 0.1) is 0 Å². The van der Waals surface area contributed by atoms with Gasteiger partial charge in [0.15, 0.2) is 11.5 Å². The highest BCUT2D eigenvalue weighted by atomic mass is 15.1. The molecule has 6 aromatic heterocycles. The fraction of sp³-hybridized carbons (Fsp3) is 0.120. The first kappa shape index (κ1) is 20.1. The summed E-state index contributed by atoms with van der Waals surface area (Å²) in [4.78, 5) is 28.2. The van der Waals surface area contributed by atoms with Crippen molar-refractivity contribution >= 4 is 22.1 Å². The Hall–Kier alpha value is -4.50. The summed E-state index contributed by atoms with van der Waals surface area (Å²) in [6, 6.07) is 11.9. The average Bonchev–Trinajstić information content (AvgIpc) is 3.48. The summed E-state index contributed by atoms with van der Waals surface area (Å²) in [5.74, 6) is 0.633. The van der Waals surface area contributed by atoms with E-state index < -0.39 is 0 Å². The van der Waals surface area contributed by atoms with Crippen molar-refractivity contribution in [3.63, 3.8) is 0 Å². The van der Waals surface area contributed by atoms with Gasteiger partial charge in [0.2, 0.25) is 0 Å². The molecule has 6 heterocycles. The van der Waals surface area contributed by atoms with Gasteiger partial charge in [-0.05, 0) is 50.0 Å². The van der Waals surface area contributed by atoms with Gasteiger partial charge in [-0.2, -0.15) is 5.10 Å². The second-order valence-electron chi connectivity index (χ2n) is 8.36. The topological polar surface area (TPSA) is 112 Å². The number of nitrogens with zero attached hydrogens (tertiary/aromatic N) is 7. The molecule has 0 atom stereocenters. The zero-order chi connectivity index (χ0) is 23.1. The van der Waals surface area contributed by atoms with Crippen LogP contribution in [0.4, 0.5) is 0 Å². The van der Waals surface area contributed by atoms with Crippen molar-refractivity contribution in [3.8, 4) is 34.0 Å². The van der Waals surface area contributed by atoms with E-state index in [1.165, 1.54) is 0 Å².